The number of aromatic nitrogens is 2. The Morgan fingerprint density at radius 3 is 2.31 bits per heavy atom. The van der Waals surface area contributed by atoms with E-state index in [1.807, 2.05) is 71.1 Å². The number of aromatic hydroxyl groups is 1. The molecule has 1 atom stereocenters. The molecule has 1 aromatic heterocycles. The summed E-state index contributed by atoms with van der Waals surface area (Å²) in [5.74, 6) is 0.869. The number of nitrogens with one attached hydrogen (secondary N) is 1. The van der Waals surface area contributed by atoms with Crippen LogP contribution in [0.15, 0.2) is 140 Å². The number of nitrogen functional groups attached to an aromatic ring is 1. The highest BCUT2D eigenvalue weighted by Crippen LogP contribution is 2.40. The van der Waals surface area contributed by atoms with Gasteiger partial charge in [-0.2, -0.15) is 5.10 Å². The Bertz CT molecular complexity index is 2600. The van der Waals surface area contributed by atoms with E-state index in [9.17, 15) is 14.7 Å². The van der Waals surface area contributed by atoms with E-state index in [4.69, 9.17) is 15.6 Å². The largest absolute Gasteiger partial charge is 0.508 e. The first-order valence-corrected chi connectivity index (χ1v) is 20.7. The van der Waals surface area contributed by atoms with Crippen molar-refractivity contribution in [2.75, 3.05) is 49.7 Å². The molecule has 1 aliphatic heterocycles. The van der Waals surface area contributed by atoms with Crippen LogP contribution in [0.3, 0.4) is 0 Å². The smallest absolute Gasteiger partial charge is 0.255 e. The number of nitrogens with two attached hydrogens (primary N) is 1. The number of anilines is 2. The minimum Gasteiger partial charge on any atom is -0.508 e. The number of nitrogens with zero attached hydrogens (tertiary/aromatic N) is 4. The van der Waals surface area contributed by atoms with E-state index in [-0.39, 0.29) is 29.5 Å². The van der Waals surface area contributed by atoms with E-state index in [0.717, 1.165) is 63.1 Å². The summed E-state index contributed by atoms with van der Waals surface area (Å²) >= 11 is 1.52. The number of hydrogen-bond donors (Lipinski definition) is 3. The van der Waals surface area contributed by atoms with Gasteiger partial charge in [0.25, 0.3) is 5.91 Å². The first-order chi connectivity index (χ1) is 28.8. The van der Waals surface area contributed by atoms with E-state index in [0.29, 0.717) is 41.5 Å². The summed E-state index contributed by atoms with van der Waals surface area (Å²) in [6.07, 6.45) is 0. The second-order valence-electron chi connectivity index (χ2n) is 14.5. The fourth-order valence-electron chi connectivity index (χ4n) is 7.73. The molecule has 0 radical (unpaired) electrons. The lowest BCUT2D eigenvalue weighted by atomic mass is 9.89. The molecular weight excluding hydrogens is 757 g/mol. The number of ether oxygens (including phenoxy) is 1. The molecule has 1 saturated heterocycles. The number of phenols is 1. The molecule has 1 aliphatic rings. The Balaban J connectivity index is 0.913. The van der Waals surface area contributed by atoms with Crippen molar-refractivity contribution in [2.45, 2.75) is 18.8 Å². The molecule has 6 aromatic carbocycles. The fraction of sp³-hybridized carbons (Fsp3) is 0.188. The predicted molar refractivity (Wildman–Crippen MR) is 239 cm³/mol. The standard InChI is InChI=1S/C48H46N6O4S/c1-32(54-44(41-12-6-8-14-43(41)49)29-36(51-54)30-50-48(57)42-13-7-9-15-45(42)58-2)59-31-46(56)53-26-24-52(25-27-53)37-19-16-34(17-20-37)47-39(33-10-4-3-5-11-33)22-18-35-28-38(55)21-23-40(35)47/h3-23,28-29,32,55H,24-27,30-31,49H2,1-2H3,(H,50,57). The van der Waals surface area contributed by atoms with Gasteiger partial charge in [0.05, 0.1) is 41.7 Å². The zero-order valence-corrected chi connectivity index (χ0v) is 33.9. The molecule has 2 heterocycles. The molecule has 0 bridgehead atoms. The highest BCUT2D eigenvalue weighted by Gasteiger charge is 2.24. The van der Waals surface area contributed by atoms with Crippen molar-refractivity contribution < 1.29 is 19.4 Å². The maximum absolute atomic E-state index is 13.6. The van der Waals surface area contributed by atoms with Gasteiger partial charge in [-0.25, -0.2) is 0 Å². The molecule has 11 heteroatoms. The summed E-state index contributed by atoms with van der Waals surface area (Å²) in [4.78, 5) is 30.9. The van der Waals surface area contributed by atoms with Gasteiger partial charge in [0.1, 0.15) is 11.5 Å². The van der Waals surface area contributed by atoms with Crippen LogP contribution in [0.25, 0.3) is 44.3 Å². The van der Waals surface area contributed by atoms with E-state index in [1.165, 1.54) is 18.9 Å². The Hall–Kier alpha value is -6.72. The van der Waals surface area contributed by atoms with E-state index >= 15 is 0 Å². The SMILES string of the molecule is COc1ccccc1C(=O)NCc1cc(-c2ccccc2N)n(C(C)SCC(=O)N2CCN(c3ccc(-c4c(-c5ccccc5)ccc5cc(O)ccc45)cc3)CC2)n1. The summed E-state index contributed by atoms with van der Waals surface area (Å²) in [7, 11) is 1.54. The Labute approximate surface area is 348 Å². The molecular formula is C48H46N6O4S. The molecule has 7 aromatic rings. The van der Waals surface area contributed by atoms with Crippen LogP contribution in [-0.2, 0) is 11.3 Å². The van der Waals surface area contributed by atoms with Gasteiger partial charge in [0.15, 0.2) is 0 Å². The van der Waals surface area contributed by atoms with Crippen molar-refractivity contribution in [3.63, 3.8) is 0 Å². The molecule has 1 fully saturated rings. The van der Waals surface area contributed by atoms with Gasteiger partial charge in [-0.15, -0.1) is 11.8 Å². The van der Waals surface area contributed by atoms with Crippen LogP contribution >= 0.6 is 11.8 Å². The summed E-state index contributed by atoms with van der Waals surface area (Å²) in [6, 6.07) is 45.5. The van der Waals surface area contributed by atoms with E-state index < -0.39 is 0 Å². The molecule has 0 saturated carbocycles. The van der Waals surface area contributed by atoms with Crippen LogP contribution < -0.4 is 20.7 Å². The van der Waals surface area contributed by atoms with Crippen LogP contribution in [0, 0.1) is 0 Å². The second kappa shape index (κ2) is 17.4. The minimum atomic E-state index is -0.260. The molecule has 4 N–H and O–H groups in total. The highest BCUT2D eigenvalue weighted by atomic mass is 32.2. The molecule has 0 spiro atoms. The maximum Gasteiger partial charge on any atom is 0.255 e. The Kier molecular flexibility index (Phi) is 11.5. The summed E-state index contributed by atoms with van der Waals surface area (Å²) in [6.45, 7) is 4.95. The number of benzene rings is 6. The highest BCUT2D eigenvalue weighted by molar-refractivity contribution is 7.99. The average Bonchev–Trinajstić information content (AvgIpc) is 3.71. The lowest BCUT2D eigenvalue weighted by molar-refractivity contribution is -0.128. The molecule has 8 rings (SSSR count). The average molecular weight is 803 g/mol. The molecule has 2 amide bonds. The number of hydrogen-bond acceptors (Lipinski definition) is 8. The molecule has 0 aliphatic carbocycles. The molecule has 1 unspecified atom stereocenters. The van der Waals surface area contributed by atoms with E-state index in [1.54, 1.807) is 24.3 Å². The number of fused-ring (bicyclic) bond motifs is 1. The van der Waals surface area contributed by atoms with Crippen molar-refractivity contribution in [3.8, 4) is 45.0 Å². The number of thioether (sulfide) groups is 1. The molecule has 59 heavy (non-hydrogen) atoms. The van der Waals surface area contributed by atoms with Crippen LogP contribution in [-0.4, -0.2) is 70.6 Å². The van der Waals surface area contributed by atoms with Crippen molar-refractivity contribution in [2.24, 2.45) is 0 Å². The third-order valence-corrected chi connectivity index (χ3v) is 11.9. The second-order valence-corrected chi connectivity index (χ2v) is 15.8. The molecule has 298 valence electrons. The van der Waals surface area contributed by atoms with E-state index in [2.05, 4.69) is 70.9 Å². The fourth-order valence-corrected chi connectivity index (χ4v) is 8.60. The normalized spacial score (nSPS) is 13.3. The van der Waals surface area contributed by atoms with Crippen LogP contribution in [0.1, 0.15) is 28.3 Å². The van der Waals surface area contributed by atoms with Crippen LogP contribution in [0.5, 0.6) is 11.5 Å². The van der Waals surface area contributed by atoms with Gasteiger partial charge in [-0.1, -0.05) is 91.0 Å². The van der Waals surface area contributed by atoms with Crippen molar-refractivity contribution in [3.05, 3.63) is 151 Å². The number of carbonyl (C=O) groups excluding carboxylic acids is 2. The first kappa shape index (κ1) is 39.1. The predicted octanol–water partition coefficient (Wildman–Crippen LogP) is 8.86. The summed E-state index contributed by atoms with van der Waals surface area (Å²) < 4.78 is 7.26. The van der Waals surface area contributed by atoms with Gasteiger partial charge < -0.3 is 30.7 Å². The molecule has 10 nitrogen and oxygen atoms in total. The van der Waals surface area contributed by atoms with Crippen LogP contribution in [0.2, 0.25) is 0 Å². The topological polar surface area (TPSA) is 126 Å². The first-order valence-electron chi connectivity index (χ1n) is 19.7. The van der Waals surface area contributed by atoms with Gasteiger partial charge in [-0.05, 0) is 88.5 Å². The monoisotopic (exact) mass is 802 g/mol. The quantitative estimate of drug-likeness (QED) is 0.105. The third-order valence-electron chi connectivity index (χ3n) is 10.8. The van der Waals surface area contributed by atoms with Crippen molar-refractivity contribution in [1.29, 1.82) is 0 Å². The minimum absolute atomic E-state index is 0.0875. The third kappa shape index (κ3) is 8.47. The lowest BCUT2D eigenvalue weighted by Crippen LogP contribution is -2.49. The number of piperazine rings is 1. The lowest BCUT2D eigenvalue weighted by Gasteiger charge is -2.36. The van der Waals surface area contributed by atoms with Crippen molar-refractivity contribution >= 4 is 45.7 Å². The van der Waals surface area contributed by atoms with Gasteiger partial charge >= 0.3 is 0 Å². The number of methoxy groups -OCH3 is 1. The maximum atomic E-state index is 13.6. The number of amides is 2. The Morgan fingerprint density at radius 2 is 1.54 bits per heavy atom. The van der Waals surface area contributed by atoms with Gasteiger partial charge in [0, 0.05) is 43.1 Å². The summed E-state index contributed by atoms with van der Waals surface area (Å²) in [5, 5.41) is 19.9. The van der Waals surface area contributed by atoms with Gasteiger partial charge in [0.2, 0.25) is 5.91 Å². The van der Waals surface area contributed by atoms with Crippen LogP contribution in [0.4, 0.5) is 11.4 Å². The Morgan fingerprint density at radius 1 is 0.814 bits per heavy atom. The summed E-state index contributed by atoms with van der Waals surface area (Å²) in [5.41, 5.74) is 15.4. The number of phenolic OH excluding ortho intramolecular Hbond substituents is 1. The zero-order chi connectivity index (χ0) is 40.9. The number of para-hydroxylation sites is 2. The number of rotatable bonds is 12. The van der Waals surface area contributed by atoms with Gasteiger partial charge in [-0.3, -0.25) is 14.3 Å². The number of carbonyl (C=O) groups is 2. The zero-order valence-electron chi connectivity index (χ0n) is 33.0. The van der Waals surface area contributed by atoms with Crippen molar-refractivity contribution in [1.82, 2.24) is 20.0 Å².